The summed E-state index contributed by atoms with van der Waals surface area (Å²) in [6, 6.07) is 7.27. The molecule has 1 atom stereocenters. The van der Waals surface area contributed by atoms with Crippen LogP contribution in [0.15, 0.2) is 35.5 Å². The molecule has 1 unspecified atom stereocenters. The summed E-state index contributed by atoms with van der Waals surface area (Å²) in [5, 5.41) is 2.70. The van der Waals surface area contributed by atoms with E-state index in [2.05, 4.69) is 20.3 Å². The molecule has 1 spiro atoms. The fourth-order valence-electron chi connectivity index (χ4n) is 3.68. The maximum Gasteiger partial charge on any atom is 0.451 e. The van der Waals surface area contributed by atoms with Crippen molar-refractivity contribution in [3.05, 3.63) is 58.7 Å². The van der Waals surface area contributed by atoms with Crippen LogP contribution in [-0.2, 0) is 22.8 Å². The number of aromatic nitrogens is 2. The predicted octanol–water partition coefficient (Wildman–Crippen LogP) is 2.23. The molecule has 1 N–H and O–H groups in total. The normalized spacial score (nSPS) is 23.5. The summed E-state index contributed by atoms with van der Waals surface area (Å²) in [7, 11) is 1.46. The highest BCUT2D eigenvalue weighted by molar-refractivity contribution is 6.16. The zero-order chi connectivity index (χ0) is 17.8. The van der Waals surface area contributed by atoms with Crippen molar-refractivity contribution in [2.24, 2.45) is 4.99 Å². The van der Waals surface area contributed by atoms with Gasteiger partial charge in [-0.1, -0.05) is 24.3 Å². The maximum atomic E-state index is 13.1. The van der Waals surface area contributed by atoms with E-state index >= 15 is 0 Å². The molecular weight excluding hydrogens is 333 g/mol. The molecule has 0 fully saturated rings. The number of amidine groups is 1. The van der Waals surface area contributed by atoms with Gasteiger partial charge in [-0.05, 0) is 24.0 Å². The van der Waals surface area contributed by atoms with Crippen LogP contribution in [-0.4, -0.2) is 28.8 Å². The number of aliphatic imine (C=N–C) groups is 1. The number of halogens is 3. The topological polar surface area (TPSA) is 67.2 Å². The van der Waals surface area contributed by atoms with Crippen LogP contribution < -0.4 is 5.32 Å². The number of rotatable bonds is 0. The first-order valence-corrected chi connectivity index (χ1v) is 7.69. The minimum absolute atomic E-state index is 0.0733. The standard InChI is InChI=1S/C17H13F3N4O/c1-21-13-10-8-22-14(17(18,19)20)23-12(10)16(15(25)24-13)7-6-9-4-2-3-5-11(9)16/h2-5,8H,6-7H2,1H3,(H,21,24,25). The molecule has 2 aliphatic rings. The van der Waals surface area contributed by atoms with Gasteiger partial charge in [0.1, 0.15) is 11.3 Å². The average molecular weight is 346 g/mol. The molecule has 2 heterocycles. The van der Waals surface area contributed by atoms with Crippen molar-refractivity contribution < 1.29 is 18.0 Å². The SMILES string of the molecule is CN=C1NC(=O)C2(CCc3ccccc32)c2nc(C(F)(F)F)ncc21. The van der Waals surface area contributed by atoms with Crippen molar-refractivity contribution in [2.45, 2.75) is 24.4 Å². The van der Waals surface area contributed by atoms with Crippen LogP contribution in [0.25, 0.3) is 0 Å². The number of hydrogen-bond acceptors (Lipinski definition) is 4. The Kier molecular flexibility index (Phi) is 3.22. The highest BCUT2D eigenvalue weighted by Crippen LogP contribution is 2.46. The molecule has 5 nitrogen and oxygen atoms in total. The number of carbonyl (C=O) groups excluding carboxylic acids is 1. The van der Waals surface area contributed by atoms with E-state index in [0.29, 0.717) is 24.0 Å². The number of hydrogen-bond donors (Lipinski definition) is 1. The number of nitrogens with zero attached hydrogens (tertiary/aromatic N) is 3. The van der Waals surface area contributed by atoms with Crippen molar-refractivity contribution in [3.8, 4) is 0 Å². The Labute approximate surface area is 141 Å². The molecule has 2 aromatic rings. The van der Waals surface area contributed by atoms with Crippen LogP contribution >= 0.6 is 0 Å². The van der Waals surface area contributed by atoms with Gasteiger partial charge in [-0.3, -0.25) is 9.79 Å². The van der Waals surface area contributed by atoms with E-state index in [1.54, 1.807) is 12.1 Å². The number of amides is 1. The van der Waals surface area contributed by atoms with Gasteiger partial charge >= 0.3 is 6.18 Å². The second-order valence-electron chi connectivity index (χ2n) is 6.04. The van der Waals surface area contributed by atoms with Gasteiger partial charge in [0.05, 0.1) is 11.3 Å². The summed E-state index contributed by atoms with van der Waals surface area (Å²) in [6.07, 6.45) is -2.65. The first-order chi connectivity index (χ1) is 11.9. The largest absolute Gasteiger partial charge is 0.451 e. The van der Waals surface area contributed by atoms with Crippen LogP contribution in [0.3, 0.4) is 0 Å². The number of aryl methyl sites for hydroxylation is 1. The second-order valence-corrected chi connectivity index (χ2v) is 6.04. The number of fused-ring (bicyclic) bond motifs is 4. The van der Waals surface area contributed by atoms with Crippen molar-refractivity contribution in [3.63, 3.8) is 0 Å². The molecule has 0 saturated carbocycles. The highest BCUT2D eigenvalue weighted by Gasteiger charge is 2.53. The van der Waals surface area contributed by atoms with Gasteiger partial charge in [0.2, 0.25) is 11.7 Å². The molecule has 1 amide bonds. The van der Waals surface area contributed by atoms with Crippen molar-refractivity contribution in [1.82, 2.24) is 15.3 Å². The van der Waals surface area contributed by atoms with E-state index in [-0.39, 0.29) is 11.5 Å². The van der Waals surface area contributed by atoms with Crippen LogP contribution in [0.2, 0.25) is 0 Å². The fraction of sp³-hybridized carbons (Fsp3) is 0.294. The molecule has 0 radical (unpaired) electrons. The molecule has 128 valence electrons. The predicted molar refractivity (Wildman–Crippen MR) is 83.2 cm³/mol. The third-order valence-electron chi connectivity index (χ3n) is 4.79. The minimum atomic E-state index is -4.69. The zero-order valence-electron chi connectivity index (χ0n) is 13.2. The first kappa shape index (κ1) is 15.7. The monoisotopic (exact) mass is 346 g/mol. The van der Waals surface area contributed by atoms with Gasteiger partial charge in [0, 0.05) is 13.2 Å². The first-order valence-electron chi connectivity index (χ1n) is 7.69. The van der Waals surface area contributed by atoms with E-state index in [0.717, 1.165) is 11.8 Å². The lowest BCUT2D eigenvalue weighted by atomic mass is 9.74. The minimum Gasteiger partial charge on any atom is -0.309 e. The fourth-order valence-corrected chi connectivity index (χ4v) is 3.68. The van der Waals surface area contributed by atoms with Gasteiger partial charge in [0.15, 0.2) is 0 Å². The number of nitrogens with one attached hydrogen (secondary N) is 1. The molecule has 1 aromatic heterocycles. The van der Waals surface area contributed by atoms with Gasteiger partial charge in [0.25, 0.3) is 0 Å². The molecule has 1 aliphatic carbocycles. The van der Waals surface area contributed by atoms with Gasteiger partial charge in [-0.25, -0.2) is 9.97 Å². The van der Waals surface area contributed by atoms with Crippen molar-refractivity contribution >= 4 is 11.7 Å². The Morgan fingerprint density at radius 1 is 1.28 bits per heavy atom. The smallest absolute Gasteiger partial charge is 0.309 e. The van der Waals surface area contributed by atoms with Crippen molar-refractivity contribution in [1.29, 1.82) is 0 Å². The van der Waals surface area contributed by atoms with Crippen LogP contribution in [0, 0.1) is 0 Å². The summed E-state index contributed by atoms with van der Waals surface area (Å²) < 4.78 is 39.4. The Balaban J connectivity index is 2.04. The van der Waals surface area contributed by atoms with Crippen LogP contribution in [0.5, 0.6) is 0 Å². The number of carbonyl (C=O) groups is 1. The molecule has 25 heavy (non-hydrogen) atoms. The summed E-state index contributed by atoms with van der Waals surface area (Å²) in [4.78, 5) is 24.1. The van der Waals surface area contributed by atoms with E-state index < -0.39 is 23.3 Å². The van der Waals surface area contributed by atoms with Gasteiger partial charge in [-0.15, -0.1) is 0 Å². The maximum absolute atomic E-state index is 13.1. The summed E-state index contributed by atoms with van der Waals surface area (Å²) in [6.45, 7) is 0. The van der Waals surface area contributed by atoms with E-state index in [4.69, 9.17) is 0 Å². The Morgan fingerprint density at radius 2 is 2.04 bits per heavy atom. The molecule has 1 aromatic carbocycles. The summed E-state index contributed by atoms with van der Waals surface area (Å²) >= 11 is 0. The van der Waals surface area contributed by atoms with Crippen LogP contribution in [0.1, 0.15) is 34.6 Å². The van der Waals surface area contributed by atoms with E-state index in [1.807, 2.05) is 12.1 Å². The summed E-state index contributed by atoms with van der Waals surface area (Å²) in [5.41, 5.74) is 0.780. The lowest BCUT2D eigenvalue weighted by Gasteiger charge is -2.35. The molecule has 0 saturated heterocycles. The lowest BCUT2D eigenvalue weighted by molar-refractivity contribution is -0.145. The van der Waals surface area contributed by atoms with Crippen molar-refractivity contribution in [2.75, 3.05) is 7.05 Å². The molecular formula is C17H13F3N4O. The average Bonchev–Trinajstić information content (AvgIpc) is 2.98. The second kappa shape index (κ2) is 5.11. The number of benzene rings is 1. The Bertz CT molecular complexity index is 922. The third kappa shape index (κ3) is 2.09. The number of alkyl halides is 3. The lowest BCUT2D eigenvalue weighted by Crippen LogP contribution is -2.53. The highest BCUT2D eigenvalue weighted by atomic mass is 19.4. The van der Waals surface area contributed by atoms with Gasteiger partial charge in [-0.2, -0.15) is 13.2 Å². The third-order valence-corrected chi connectivity index (χ3v) is 4.79. The zero-order valence-corrected chi connectivity index (χ0v) is 13.2. The molecule has 0 bridgehead atoms. The summed E-state index contributed by atoms with van der Waals surface area (Å²) in [5.74, 6) is -1.47. The molecule has 8 heteroatoms. The quantitative estimate of drug-likeness (QED) is 0.795. The van der Waals surface area contributed by atoms with E-state index in [1.165, 1.54) is 7.05 Å². The van der Waals surface area contributed by atoms with Gasteiger partial charge < -0.3 is 5.32 Å². The molecule has 4 rings (SSSR count). The van der Waals surface area contributed by atoms with Crippen LogP contribution in [0.4, 0.5) is 13.2 Å². The molecule has 1 aliphatic heterocycles. The van der Waals surface area contributed by atoms with E-state index in [9.17, 15) is 18.0 Å². The Hall–Kier alpha value is -2.77. The Morgan fingerprint density at radius 3 is 2.76 bits per heavy atom.